The van der Waals surface area contributed by atoms with Crippen molar-refractivity contribution in [3.05, 3.63) is 51.3 Å². The van der Waals surface area contributed by atoms with Gasteiger partial charge in [-0.25, -0.2) is 0 Å². The van der Waals surface area contributed by atoms with Crippen LogP contribution in [-0.2, 0) is 19.9 Å². The molecule has 0 fully saturated rings. The molecule has 108 valence electrons. The number of alkyl halides is 1. The van der Waals surface area contributed by atoms with Crippen LogP contribution in [0.5, 0.6) is 0 Å². The molecule has 20 heavy (non-hydrogen) atoms. The molecule has 0 saturated carbocycles. The lowest BCUT2D eigenvalue weighted by molar-refractivity contribution is 0.656. The molecule has 0 spiro atoms. The van der Waals surface area contributed by atoms with Crippen molar-refractivity contribution < 1.29 is 0 Å². The monoisotopic (exact) mass is 398 g/mol. The normalized spacial score (nSPS) is 12.7. The van der Waals surface area contributed by atoms with E-state index in [9.17, 15) is 0 Å². The minimum atomic E-state index is 0.464. The zero-order valence-electron chi connectivity index (χ0n) is 12.2. The molecule has 2 aromatic rings. The molecule has 0 aliphatic heterocycles. The fourth-order valence-corrected chi connectivity index (χ4v) is 3.84. The molecule has 2 nitrogen and oxygen atoms in total. The maximum absolute atomic E-state index is 4.58. The Morgan fingerprint density at radius 3 is 2.65 bits per heavy atom. The van der Waals surface area contributed by atoms with Crippen LogP contribution in [-0.4, -0.2) is 15.1 Å². The number of aryl methyl sites for hydroxylation is 3. The van der Waals surface area contributed by atoms with Crippen LogP contribution in [0.2, 0.25) is 0 Å². The predicted octanol–water partition coefficient (Wildman–Crippen LogP) is 4.77. The SMILES string of the molecule is CCc1nn(C)c(CC(CBr)c2cccc(C)c2)c1Br. The molecular formula is C16H20Br2N2. The average Bonchev–Trinajstić information content (AvgIpc) is 2.71. The fourth-order valence-electron chi connectivity index (χ4n) is 2.46. The summed E-state index contributed by atoms with van der Waals surface area (Å²) in [5.41, 5.74) is 5.10. The molecule has 0 aliphatic rings. The molecule has 0 amide bonds. The molecule has 1 aromatic carbocycles. The lowest BCUT2D eigenvalue weighted by Crippen LogP contribution is -2.09. The van der Waals surface area contributed by atoms with Gasteiger partial charge in [-0.3, -0.25) is 4.68 Å². The molecule has 1 atom stereocenters. The average molecular weight is 400 g/mol. The number of hydrogen-bond donors (Lipinski definition) is 0. The van der Waals surface area contributed by atoms with Crippen molar-refractivity contribution in [1.82, 2.24) is 9.78 Å². The molecule has 0 radical (unpaired) electrons. The first kappa shape index (κ1) is 15.8. The summed E-state index contributed by atoms with van der Waals surface area (Å²) in [7, 11) is 2.03. The largest absolute Gasteiger partial charge is 0.271 e. The third kappa shape index (κ3) is 3.34. The van der Waals surface area contributed by atoms with E-state index >= 15 is 0 Å². The number of halogens is 2. The summed E-state index contributed by atoms with van der Waals surface area (Å²) >= 11 is 7.37. The standard InChI is InChI=1S/C16H20Br2N2/c1-4-14-16(18)15(20(3)19-14)9-13(10-17)12-7-5-6-11(2)8-12/h5-8,13H,4,9-10H2,1-3H3. The second-order valence-corrected chi connectivity index (χ2v) is 6.59. The van der Waals surface area contributed by atoms with Gasteiger partial charge in [0, 0.05) is 12.4 Å². The number of benzene rings is 1. The molecule has 0 N–H and O–H groups in total. The Kier molecular flexibility index (Phi) is 5.44. The summed E-state index contributed by atoms with van der Waals surface area (Å²) in [5.74, 6) is 0.464. The molecule has 1 unspecified atom stereocenters. The van der Waals surface area contributed by atoms with Crippen LogP contribution in [0.25, 0.3) is 0 Å². The van der Waals surface area contributed by atoms with Gasteiger partial charge in [-0.1, -0.05) is 52.7 Å². The Morgan fingerprint density at radius 2 is 2.10 bits per heavy atom. The maximum Gasteiger partial charge on any atom is 0.0766 e. The first-order valence-electron chi connectivity index (χ1n) is 6.89. The summed E-state index contributed by atoms with van der Waals surface area (Å²) in [6.07, 6.45) is 1.94. The molecular weight excluding hydrogens is 380 g/mol. The van der Waals surface area contributed by atoms with E-state index in [-0.39, 0.29) is 0 Å². The quantitative estimate of drug-likeness (QED) is 0.661. The zero-order valence-corrected chi connectivity index (χ0v) is 15.3. The topological polar surface area (TPSA) is 17.8 Å². The molecule has 2 rings (SSSR count). The van der Waals surface area contributed by atoms with E-state index in [0.29, 0.717) is 5.92 Å². The van der Waals surface area contributed by atoms with Crippen LogP contribution in [0.3, 0.4) is 0 Å². The minimum Gasteiger partial charge on any atom is -0.271 e. The number of aromatic nitrogens is 2. The molecule has 0 bridgehead atoms. The van der Waals surface area contributed by atoms with Gasteiger partial charge in [0.05, 0.1) is 15.9 Å². The predicted molar refractivity (Wildman–Crippen MR) is 91.7 cm³/mol. The van der Waals surface area contributed by atoms with E-state index in [0.717, 1.165) is 23.9 Å². The van der Waals surface area contributed by atoms with E-state index < -0.39 is 0 Å². The lowest BCUT2D eigenvalue weighted by atomic mass is 9.95. The molecule has 0 aliphatic carbocycles. The Morgan fingerprint density at radius 1 is 1.35 bits per heavy atom. The Bertz CT molecular complexity index is 590. The molecule has 0 saturated heterocycles. The van der Waals surface area contributed by atoms with E-state index in [2.05, 4.69) is 75.1 Å². The van der Waals surface area contributed by atoms with Gasteiger partial charge in [0.1, 0.15) is 0 Å². The van der Waals surface area contributed by atoms with Gasteiger partial charge < -0.3 is 0 Å². The van der Waals surface area contributed by atoms with E-state index in [4.69, 9.17) is 0 Å². The van der Waals surface area contributed by atoms with Crippen molar-refractivity contribution >= 4 is 31.9 Å². The fraction of sp³-hybridized carbons (Fsp3) is 0.438. The Balaban J connectivity index is 2.29. The van der Waals surface area contributed by atoms with Crippen LogP contribution < -0.4 is 0 Å². The molecule has 1 heterocycles. The van der Waals surface area contributed by atoms with Gasteiger partial charge >= 0.3 is 0 Å². The van der Waals surface area contributed by atoms with E-state index in [1.54, 1.807) is 0 Å². The van der Waals surface area contributed by atoms with E-state index in [1.807, 2.05) is 11.7 Å². The highest BCUT2D eigenvalue weighted by Gasteiger charge is 2.18. The van der Waals surface area contributed by atoms with Gasteiger partial charge in [0.15, 0.2) is 0 Å². The van der Waals surface area contributed by atoms with Crippen molar-refractivity contribution in [2.75, 3.05) is 5.33 Å². The number of hydrogen-bond acceptors (Lipinski definition) is 1. The van der Waals surface area contributed by atoms with Crippen LogP contribution in [0.4, 0.5) is 0 Å². The van der Waals surface area contributed by atoms with Gasteiger partial charge in [0.25, 0.3) is 0 Å². The second kappa shape index (κ2) is 6.90. The van der Waals surface area contributed by atoms with Crippen LogP contribution >= 0.6 is 31.9 Å². The maximum atomic E-state index is 4.58. The summed E-state index contributed by atoms with van der Waals surface area (Å²) in [4.78, 5) is 0. The smallest absolute Gasteiger partial charge is 0.0766 e. The van der Waals surface area contributed by atoms with Gasteiger partial charge in [-0.15, -0.1) is 0 Å². The first-order valence-corrected chi connectivity index (χ1v) is 8.81. The highest BCUT2D eigenvalue weighted by Crippen LogP contribution is 2.29. The number of rotatable bonds is 5. The molecule has 4 heteroatoms. The Labute approximate surface area is 137 Å². The lowest BCUT2D eigenvalue weighted by Gasteiger charge is -2.15. The van der Waals surface area contributed by atoms with Crippen molar-refractivity contribution in [2.45, 2.75) is 32.6 Å². The highest BCUT2D eigenvalue weighted by molar-refractivity contribution is 9.10. The van der Waals surface area contributed by atoms with Crippen molar-refractivity contribution in [3.63, 3.8) is 0 Å². The highest BCUT2D eigenvalue weighted by atomic mass is 79.9. The van der Waals surface area contributed by atoms with Crippen LogP contribution in [0.1, 0.15) is 35.4 Å². The van der Waals surface area contributed by atoms with Crippen LogP contribution in [0, 0.1) is 6.92 Å². The second-order valence-electron chi connectivity index (χ2n) is 5.15. The van der Waals surface area contributed by atoms with Crippen molar-refractivity contribution in [2.24, 2.45) is 7.05 Å². The first-order chi connectivity index (χ1) is 9.56. The van der Waals surface area contributed by atoms with Crippen LogP contribution in [0.15, 0.2) is 28.7 Å². The summed E-state index contributed by atoms with van der Waals surface area (Å²) in [6, 6.07) is 8.76. The minimum absolute atomic E-state index is 0.464. The summed E-state index contributed by atoms with van der Waals surface area (Å²) in [5, 5.41) is 5.54. The van der Waals surface area contributed by atoms with Crippen molar-refractivity contribution in [3.8, 4) is 0 Å². The Hall–Kier alpha value is -0.610. The van der Waals surface area contributed by atoms with Gasteiger partial charge in [-0.05, 0) is 47.2 Å². The van der Waals surface area contributed by atoms with E-state index in [1.165, 1.54) is 21.3 Å². The number of nitrogens with zero attached hydrogens (tertiary/aromatic N) is 2. The summed E-state index contributed by atoms with van der Waals surface area (Å²) in [6.45, 7) is 4.28. The van der Waals surface area contributed by atoms with Gasteiger partial charge in [-0.2, -0.15) is 5.10 Å². The third-order valence-corrected chi connectivity index (χ3v) is 5.34. The van der Waals surface area contributed by atoms with Crippen molar-refractivity contribution in [1.29, 1.82) is 0 Å². The summed E-state index contributed by atoms with van der Waals surface area (Å²) < 4.78 is 3.18. The third-order valence-electron chi connectivity index (χ3n) is 3.64. The zero-order chi connectivity index (χ0) is 14.7. The van der Waals surface area contributed by atoms with Gasteiger partial charge in [0.2, 0.25) is 0 Å². The molecule has 1 aromatic heterocycles.